The highest BCUT2D eigenvalue weighted by atomic mass is 32.2. The van der Waals surface area contributed by atoms with Crippen LogP contribution in [0.3, 0.4) is 0 Å². The highest BCUT2D eigenvalue weighted by Crippen LogP contribution is 1.93. The van der Waals surface area contributed by atoms with Gasteiger partial charge in [-0.3, -0.25) is 4.79 Å². The van der Waals surface area contributed by atoms with Crippen LogP contribution in [0.25, 0.3) is 0 Å². The summed E-state index contributed by atoms with van der Waals surface area (Å²) in [5.74, 6) is -0.170. The number of carbonyl (C=O) groups is 1. The third-order valence-electron chi connectivity index (χ3n) is 1.01. The molecule has 5 heteroatoms. The number of rotatable bonds is 5. The number of ether oxygens (including phenoxy) is 1. The van der Waals surface area contributed by atoms with Crippen LogP contribution in [-0.2, 0) is 20.6 Å². The molecule has 0 fully saturated rings. The van der Waals surface area contributed by atoms with Gasteiger partial charge in [-0.2, -0.15) is 0 Å². The maximum Gasteiger partial charge on any atom is 0.305 e. The Morgan fingerprint density at radius 2 is 2.27 bits per heavy atom. The normalized spacial score (nSPS) is 12.5. The van der Waals surface area contributed by atoms with Gasteiger partial charge in [0, 0.05) is 12.2 Å². The van der Waals surface area contributed by atoms with Crippen molar-refractivity contribution in [3.8, 4) is 0 Å². The first kappa shape index (κ1) is 10.6. The van der Waals surface area contributed by atoms with E-state index in [0.29, 0.717) is 13.0 Å². The minimum Gasteiger partial charge on any atom is -0.466 e. The molecular weight excluding hydrogens is 168 g/mol. The summed E-state index contributed by atoms with van der Waals surface area (Å²) in [6.07, 6.45) is 0.627. The summed E-state index contributed by atoms with van der Waals surface area (Å²) in [7, 11) is 0. The lowest BCUT2D eigenvalue weighted by Crippen LogP contribution is -2.05. The van der Waals surface area contributed by atoms with Gasteiger partial charge in [-0.15, -0.1) is 0 Å². The van der Waals surface area contributed by atoms with Gasteiger partial charge >= 0.3 is 5.97 Å². The van der Waals surface area contributed by atoms with E-state index >= 15 is 0 Å². The Kier molecular flexibility index (Phi) is 6.06. The summed E-state index contributed by atoms with van der Waals surface area (Å²) in [6.45, 7) is 2.09. The highest BCUT2D eigenvalue weighted by molar-refractivity contribution is 7.79. The average Bonchev–Trinajstić information content (AvgIpc) is 1.87. The molecule has 1 atom stereocenters. The van der Waals surface area contributed by atoms with Gasteiger partial charge in [-0.05, 0) is 13.3 Å². The summed E-state index contributed by atoms with van der Waals surface area (Å²) in [6, 6.07) is 0. The lowest BCUT2D eigenvalue weighted by molar-refractivity contribution is -0.143. The van der Waals surface area contributed by atoms with Crippen LogP contribution >= 0.6 is 0 Å². The summed E-state index contributed by atoms with van der Waals surface area (Å²) in [4.78, 5) is 10.6. The molecule has 1 N–H and O–H groups in total. The van der Waals surface area contributed by atoms with E-state index in [0.717, 1.165) is 0 Å². The first-order valence-corrected chi connectivity index (χ1v) is 4.67. The van der Waals surface area contributed by atoms with Crippen molar-refractivity contribution in [1.82, 2.24) is 0 Å². The van der Waals surface area contributed by atoms with Crippen LogP contribution < -0.4 is 0 Å². The maximum atomic E-state index is 10.6. The van der Waals surface area contributed by atoms with Gasteiger partial charge in [0.2, 0.25) is 0 Å². The molecule has 0 aromatic carbocycles. The molecule has 11 heavy (non-hydrogen) atoms. The molecule has 1 unspecified atom stereocenters. The van der Waals surface area contributed by atoms with Crippen molar-refractivity contribution < 1.29 is 18.3 Å². The van der Waals surface area contributed by atoms with Crippen LogP contribution in [-0.4, -0.2) is 27.1 Å². The highest BCUT2D eigenvalue weighted by Gasteiger charge is 2.01. The smallest absolute Gasteiger partial charge is 0.305 e. The molecule has 0 amide bonds. The van der Waals surface area contributed by atoms with Crippen molar-refractivity contribution in [3.63, 3.8) is 0 Å². The summed E-state index contributed by atoms with van der Waals surface area (Å²) in [5.41, 5.74) is 0. The second-order valence-electron chi connectivity index (χ2n) is 1.93. The fraction of sp³-hybridized carbons (Fsp3) is 0.833. The molecule has 0 saturated carbocycles. The lowest BCUT2D eigenvalue weighted by Gasteiger charge is -1.98. The molecule has 66 valence electrons. The molecule has 0 aliphatic rings. The molecule has 0 aromatic rings. The number of esters is 1. The summed E-state index contributed by atoms with van der Waals surface area (Å²) >= 11 is -1.79. The fourth-order valence-electron chi connectivity index (χ4n) is 0.573. The molecule has 4 nitrogen and oxygen atoms in total. The first-order chi connectivity index (χ1) is 5.16. The van der Waals surface area contributed by atoms with E-state index < -0.39 is 11.1 Å². The van der Waals surface area contributed by atoms with Crippen molar-refractivity contribution in [3.05, 3.63) is 0 Å². The molecule has 0 rings (SSSR count). The standard InChI is InChI=1S/C6H12O4S/c1-2-10-6(7)4-3-5-11(8)9/h2-5H2,1H3,(H,8,9). The number of carbonyl (C=O) groups excluding carboxylic acids is 1. The van der Waals surface area contributed by atoms with Crippen LogP contribution in [0.5, 0.6) is 0 Å². The predicted molar refractivity (Wildman–Crippen MR) is 41.5 cm³/mol. The average molecular weight is 180 g/mol. The quantitative estimate of drug-likeness (QED) is 0.495. The minimum absolute atomic E-state index is 0.138. The lowest BCUT2D eigenvalue weighted by atomic mass is 10.3. The van der Waals surface area contributed by atoms with E-state index in [9.17, 15) is 9.00 Å². The second-order valence-corrected chi connectivity index (χ2v) is 2.99. The van der Waals surface area contributed by atoms with Crippen LogP contribution in [0.15, 0.2) is 0 Å². The monoisotopic (exact) mass is 180 g/mol. The molecule has 0 saturated heterocycles. The Hall–Kier alpha value is -0.420. The third-order valence-corrected chi connectivity index (χ3v) is 1.64. The molecule has 0 heterocycles. The van der Waals surface area contributed by atoms with E-state index in [4.69, 9.17) is 4.55 Å². The molecule has 0 bridgehead atoms. The summed E-state index contributed by atoms with van der Waals surface area (Å²) < 4.78 is 23.0. The Morgan fingerprint density at radius 1 is 1.64 bits per heavy atom. The SMILES string of the molecule is CCOC(=O)CCCS(=O)O. The molecular formula is C6H12O4S. The van der Waals surface area contributed by atoms with E-state index in [1.165, 1.54) is 0 Å². The molecule has 0 aromatic heterocycles. The predicted octanol–water partition coefficient (Wildman–Crippen LogP) is 0.551. The van der Waals surface area contributed by atoms with Crippen molar-refractivity contribution in [1.29, 1.82) is 0 Å². The van der Waals surface area contributed by atoms with Gasteiger partial charge in [0.1, 0.15) is 0 Å². The van der Waals surface area contributed by atoms with Crippen LogP contribution in [0.1, 0.15) is 19.8 Å². The molecule has 0 aliphatic carbocycles. The molecule has 0 radical (unpaired) electrons. The first-order valence-electron chi connectivity index (χ1n) is 3.40. The van der Waals surface area contributed by atoms with Crippen LogP contribution in [0, 0.1) is 0 Å². The maximum absolute atomic E-state index is 10.6. The van der Waals surface area contributed by atoms with E-state index in [2.05, 4.69) is 4.74 Å². The molecule has 0 spiro atoms. The van der Waals surface area contributed by atoms with Crippen molar-refractivity contribution >= 4 is 17.0 Å². The van der Waals surface area contributed by atoms with Crippen molar-refractivity contribution in [2.24, 2.45) is 0 Å². The number of hydrogen-bond donors (Lipinski definition) is 1. The van der Waals surface area contributed by atoms with E-state index in [1.807, 2.05) is 0 Å². The summed E-state index contributed by atoms with van der Waals surface area (Å²) in [5, 5.41) is 0. The Balaban J connectivity index is 3.24. The van der Waals surface area contributed by atoms with Gasteiger partial charge in [0.25, 0.3) is 0 Å². The Labute approximate surface area is 68.2 Å². The Bertz CT molecular complexity index is 146. The number of hydrogen-bond acceptors (Lipinski definition) is 3. The topological polar surface area (TPSA) is 63.6 Å². The zero-order valence-electron chi connectivity index (χ0n) is 6.41. The van der Waals surface area contributed by atoms with Crippen LogP contribution in [0.2, 0.25) is 0 Å². The Morgan fingerprint density at radius 3 is 2.73 bits per heavy atom. The van der Waals surface area contributed by atoms with Gasteiger partial charge in [0.05, 0.1) is 6.61 Å². The van der Waals surface area contributed by atoms with Gasteiger partial charge in [0.15, 0.2) is 11.1 Å². The van der Waals surface area contributed by atoms with Gasteiger partial charge in [-0.25, -0.2) is 4.21 Å². The molecule has 0 aliphatic heterocycles. The zero-order chi connectivity index (χ0) is 8.69. The van der Waals surface area contributed by atoms with E-state index in [-0.39, 0.29) is 18.1 Å². The zero-order valence-corrected chi connectivity index (χ0v) is 7.23. The third kappa shape index (κ3) is 7.48. The fourth-order valence-corrected chi connectivity index (χ4v) is 0.964. The van der Waals surface area contributed by atoms with E-state index in [1.54, 1.807) is 6.92 Å². The minimum atomic E-state index is -1.79. The largest absolute Gasteiger partial charge is 0.466 e. The van der Waals surface area contributed by atoms with Crippen LogP contribution in [0.4, 0.5) is 0 Å². The van der Waals surface area contributed by atoms with Crippen molar-refractivity contribution in [2.45, 2.75) is 19.8 Å². The van der Waals surface area contributed by atoms with Gasteiger partial charge < -0.3 is 9.29 Å². The van der Waals surface area contributed by atoms with Crippen molar-refractivity contribution in [2.75, 3.05) is 12.4 Å². The van der Waals surface area contributed by atoms with Gasteiger partial charge in [-0.1, -0.05) is 0 Å². The second kappa shape index (κ2) is 6.30.